The number of nitrogens with zero attached hydrogens (tertiary/aromatic N) is 1. The Kier molecular flexibility index (Phi) is 4.24. The van der Waals surface area contributed by atoms with Crippen molar-refractivity contribution >= 4 is 23.2 Å². The molecular formula is C20H15ClF2N2O. The topological polar surface area (TPSA) is 34.0 Å². The van der Waals surface area contributed by atoms with Gasteiger partial charge in [0.05, 0.1) is 5.56 Å². The van der Waals surface area contributed by atoms with Crippen LogP contribution in [0.25, 0.3) is 0 Å². The zero-order chi connectivity index (χ0) is 18.3. The molecule has 0 aliphatic carbocycles. The van der Waals surface area contributed by atoms with Gasteiger partial charge >= 0.3 is 0 Å². The van der Waals surface area contributed by atoms with Crippen LogP contribution in [0, 0.1) is 11.6 Å². The number of carbonyl (C=O) groups excluding carboxylic acids is 1. The summed E-state index contributed by atoms with van der Waals surface area (Å²) < 4.78 is 28.5. The number of benzene rings is 2. The van der Waals surface area contributed by atoms with Crippen molar-refractivity contribution in [2.45, 2.75) is 18.9 Å². The van der Waals surface area contributed by atoms with E-state index in [4.69, 9.17) is 11.6 Å². The molecular weight excluding hydrogens is 358 g/mol. The number of carbonyl (C=O) groups is 1. The van der Waals surface area contributed by atoms with Gasteiger partial charge in [-0.05, 0) is 36.2 Å². The van der Waals surface area contributed by atoms with Gasteiger partial charge in [0.25, 0.3) is 5.91 Å². The summed E-state index contributed by atoms with van der Waals surface area (Å²) in [7, 11) is 0. The largest absolute Gasteiger partial charge is 0.350 e. The first kappa shape index (κ1) is 16.8. The third-order valence-corrected chi connectivity index (χ3v) is 5.04. The Bertz CT molecular complexity index is 999. The number of halogens is 3. The monoisotopic (exact) mass is 372 g/mol. The van der Waals surface area contributed by atoms with E-state index in [-0.39, 0.29) is 17.5 Å². The number of aromatic nitrogens is 1. The molecule has 2 aromatic carbocycles. The van der Waals surface area contributed by atoms with E-state index >= 15 is 0 Å². The van der Waals surface area contributed by atoms with Gasteiger partial charge in [-0.15, -0.1) is 0 Å². The van der Waals surface area contributed by atoms with E-state index in [1.165, 1.54) is 6.07 Å². The number of anilines is 1. The predicted octanol–water partition coefficient (Wildman–Crippen LogP) is 5.21. The average Bonchev–Trinajstić information content (AvgIpc) is 3.21. The summed E-state index contributed by atoms with van der Waals surface area (Å²) in [5.41, 5.74) is 2.59. The molecule has 6 heteroatoms. The molecule has 1 unspecified atom stereocenters. The highest BCUT2D eigenvalue weighted by molar-refractivity contribution is 6.31. The fraction of sp³-hybridized carbons (Fsp3) is 0.150. The molecule has 0 bridgehead atoms. The quantitative estimate of drug-likeness (QED) is 0.673. The molecule has 3 nitrogen and oxygen atoms in total. The summed E-state index contributed by atoms with van der Waals surface area (Å²) in [5.74, 6) is -2.29. The molecule has 1 aromatic heterocycles. The van der Waals surface area contributed by atoms with E-state index < -0.39 is 11.6 Å². The molecule has 2 heterocycles. The Balaban J connectivity index is 1.66. The highest BCUT2D eigenvalue weighted by atomic mass is 35.5. The fourth-order valence-electron chi connectivity index (χ4n) is 3.50. The Morgan fingerprint density at radius 1 is 1.12 bits per heavy atom. The number of hydrogen-bond donors (Lipinski definition) is 1. The van der Waals surface area contributed by atoms with Gasteiger partial charge in [-0.1, -0.05) is 29.8 Å². The predicted molar refractivity (Wildman–Crippen MR) is 96.7 cm³/mol. The second-order valence-corrected chi connectivity index (χ2v) is 6.66. The molecule has 0 saturated heterocycles. The number of fused-ring (bicyclic) bond motifs is 1. The Hall–Kier alpha value is -2.66. The summed E-state index contributed by atoms with van der Waals surface area (Å²) in [6.45, 7) is 0.795. The molecule has 4 rings (SSSR count). The average molecular weight is 373 g/mol. The molecule has 1 atom stereocenters. The van der Waals surface area contributed by atoms with E-state index in [9.17, 15) is 13.6 Å². The lowest BCUT2D eigenvalue weighted by atomic mass is 9.92. The maximum Gasteiger partial charge on any atom is 0.257 e. The third-order valence-electron chi connectivity index (χ3n) is 4.70. The molecule has 3 aromatic rings. The van der Waals surface area contributed by atoms with Crippen molar-refractivity contribution in [3.8, 4) is 0 Å². The van der Waals surface area contributed by atoms with Crippen LogP contribution in [0.5, 0.6) is 0 Å². The molecule has 1 N–H and O–H groups in total. The highest BCUT2D eigenvalue weighted by Crippen LogP contribution is 2.39. The molecule has 132 valence electrons. The Morgan fingerprint density at radius 3 is 2.69 bits per heavy atom. The van der Waals surface area contributed by atoms with Gasteiger partial charge in [0.1, 0.15) is 0 Å². The lowest BCUT2D eigenvalue weighted by Gasteiger charge is -2.14. The first-order chi connectivity index (χ1) is 12.5. The standard InChI is InChI=1S/C20H15ClF2N2O/c21-16-4-2-1-3-13(16)14-7-9-25-10-8-15(19(14)25)20(26)24-12-5-6-17(22)18(23)11-12/h1-6,8,10-11,14H,7,9H2,(H,24,26). The van der Waals surface area contributed by atoms with Gasteiger partial charge in [0.15, 0.2) is 11.6 Å². The first-order valence-corrected chi connectivity index (χ1v) is 8.62. The Morgan fingerprint density at radius 2 is 1.92 bits per heavy atom. The minimum Gasteiger partial charge on any atom is -0.350 e. The number of rotatable bonds is 3. The molecule has 1 amide bonds. The van der Waals surface area contributed by atoms with Crippen molar-refractivity contribution in [1.82, 2.24) is 4.57 Å². The molecule has 0 saturated carbocycles. The van der Waals surface area contributed by atoms with Gasteiger partial charge in [0, 0.05) is 41.1 Å². The second-order valence-electron chi connectivity index (χ2n) is 6.25. The van der Waals surface area contributed by atoms with Crippen LogP contribution in [0.1, 0.15) is 34.0 Å². The van der Waals surface area contributed by atoms with Crippen molar-refractivity contribution in [2.24, 2.45) is 0 Å². The van der Waals surface area contributed by atoms with Crippen LogP contribution in [0.2, 0.25) is 5.02 Å². The van der Waals surface area contributed by atoms with Crippen LogP contribution in [-0.2, 0) is 6.54 Å². The molecule has 1 aliphatic heterocycles. The van der Waals surface area contributed by atoms with Crippen LogP contribution in [-0.4, -0.2) is 10.5 Å². The summed E-state index contributed by atoms with van der Waals surface area (Å²) in [5, 5.41) is 3.30. The summed E-state index contributed by atoms with van der Waals surface area (Å²) >= 11 is 6.34. The number of aryl methyl sites for hydroxylation is 1. The smallest absolute Gasteiger partial charge is 0.257 e. The van der Waals surface area contributed by atoms with Crippen molar-refractivity contribution in [3.05, 3.63) is 88.2 Å². The lowest BCUT2D eigenvalue weighted by molar-refractivity contribution is 0.102. The minimum absolute atomic E-state index is 0.0180. The minimum atomic E-state index is -1.00. The lowest BCUT2D eigenvalue weighted by Crippen LogP contribution is -2.15. The molecule has 26 heavy (non-hydrogen) atoms. The number of nitrogens with one attached hydrogen (secondary N) is 1. The summed E-state index contributed by atoms with van der Waals surface area (Å²) in [6, 6.07) is 12.6. The van der Waals surface area contributed by atoms with Gasteiger partial charge in [-0.3, -0.25) is 4.79 Å². The van der Waals surface area contributed by atoms with Gasteiger partial charge in [-0.2, -0.15) is 0 Å². The van der Waals surface area contributed by atoms with Crippen molar-refractivity contribution in [3.63, 3.8) is 0 Å². The maximum atomic E-state index is 13.4. The third kappa shape index (κ3) is 2.88. The fourth-order valence-corrected chi connectivity index (χ4v) is 3.76. The summed E-state index contributed by atoms with van der Waals surface area (Å²) in [6.07, 6.45) is 2.72. The first-order valence-electron chi connectivity index (χ1n) is 8.24. The van der Waals surface area contributed by atoms with E-state index in [1.54, 1.807) is 6.07 Å². The van der Waals surface area contributed by atoms with Crippen molar-refractivity contribution in [2.75, 3.05) is 5.32 Å². The van der Waals surface area contributed by atoms with E-state index in [0.29, 0.717) is 10.6 Å². The van der Waals surface area contributed by atoms with Crippen LogP contribution < -0.4 is 5.32 Å². The highest BCUT2D eigenvalue weighted by Gasteiger charge is 2.30. The number of amides is 1. The van der Waals surface area contributed by atoms with Gasteiger partial charge < -0.3 is 9.88 Å². The maximum absolute atomic E-state index is 13.4. The number of hydrogen-bond acceptors (Lipinski definition) is 1. The van der Waals surface area contributed by atoms with Crippen LogP contribution in [0.3, 0.4) is 0 Å². The second kappa shape index (κ2) is 6.57. The molecule has 0 fully saturated rings. The van der Waals surface area contributed by atoms with E-state index in [0.717, 1.165) is 36.4 Å². The van der Waals surface area contributed by atoms with E-state index in [2.05, 4.69) is 5.32 Å². The molecule has 0 spiro atoms. The van der Waals surface area contributed by atoms with Gasteiger partial charge in [0.2, 0.25) is 0 Å². The summed E-state index contributed by atoms with van der Waals surface area (Å²) in [4.78, 5) is 12.7. The molecule has 0 radical (unpaired) electrons. The van der Waals surface area contributed by atoms with Crippen LogP contribution in [0.4, 0.5) is 14.5 Å². The zero-order valence-corrected chi connectivity index (χ0v) is 14.4. The Labute approximate surface area is 154 Å². The normalized spacial score (nSPS) is 15.7. The van der Waals surface area contributed by atoms with E-state index in [1.807, 2.05) is 35.0 Å². The SMILES string of the molecule is O=C(Nc1ccc(F)c(F)c1)c1ccn2c1C(c1ccccc1Cl)CC2. The van der Waals surface area contributed by atoms with Gasteiger partial charge in [-0.25, -0.2) is 8.78 Å². The zero-order valence-electron chi connectivity index (χ0n) is 13.7. The molecule has 1 aliphatic rings. The van der Waals surface area contributed by atoms with Crippen LogP contribution >= 0.6 is 11.6 Å². The van der Waals surface area contributed by atoms with Crippen molar-refractivity contribution in [1.29, 1.82) is 0 Å². The van der Waals surface area contributed by atoms with Crippen LogP contribution in [0.15, 0.2) is 54.7 Å². The van der Waals surface area contributed by atoms with Crippen molar-refractivity contribution < 1.29 is 13.6 Å².